The molecular formula is C26H26ClNO6. The monoisotopic (exact) mass is 483 g/mol. The number of carbonyl (C=O) groups is 2. The summed E-state index contributed by atoms with van der Waals surface area (Å²) in [5.74, 6) is -0.853. The van der Waals surface area contributed by atoms with Gasteiger partial charge in [0.25, 0.3) is 0 Å². The maximum Gasteiger partial charge on any atom is 0.220 e. The van der Waals surface area contributed by atoms with E-state index in [9.17, 15) is 14.7 Å². The van der Waals surface area contributed by atoms with Crippen LogP contribution in [0, 0.1) is 11.8 Å². The third kappa shape index (κ3) is 3.10. The highest BCUT2D eigenvalue weighted by Crippen LogP contribution is 2.55. The zero-order valence-electron chi connectivity index (χ0n) is 19.3. The zero-order chi connectivity index (χ0) is 24.3. The van der Waals surface area contributed by atoms with Crippen LogP contribution in [-0.4, -0.2) is 48.8 Å². The van der Waals surface area contributed by atoms with Crippen LogP contribution in [0.15, 0.2) is 41.4 Å². The third-order valence-electron chi connectivity index (χ3n) is 7.38. The fourth-order valence-corrected chi connectivity index (χ4v) is 5.86. The first-order chi connectivity index (χ1) is 16.3. The van der Waals surface area contributed by atoms with E-state index in [-0.39, 0.29) is 53.0 Å². The zero-order valence-corrected chi connectivity index (χ0v) is 20.0. The normalized spacial score (nSPS) is 30.2. The standard InChI is InChI=1S/C26H26ClNO6/c1-14-11-17(29)16-13-25(31,15-7-5-4-6-8-15)9-10-28-23(16)26(14)24(30)20-18(32-2)12-19(33-3)21(27)22(20)34-26/h4-8,12,14,16,31H,9-11,13H2,1-3H3/t14-,16?,25+,26+/m1/s1. The molecule has 0 amide bonds. The van der Waals surface area contributed by atoms with Gasteiger partial charge < -0.3 is 19.3 Å². The number of aliphatic hydroxyl groups is 1. The number of Topliss-reactive ketones (excluding diaryl/α,β-unsaturated/α-hetero) is 2. The lowest BCUT2D eigenvalue weighted by Gasteiger charge is -2.42. The largest absolute Gasteiger partial charge is 0.496 e. The average Bonchev–Trinajstić information content (AvgIpc) is 3.02. The van der Waals surface area contributed by atoms with E-state index >= 15 is 0 Å². The Bertz CT molecular complexity index is 1210. The highest BCUT2D eigenvalue weighted by molar-refractivity contribution is 6.36. The smallest absolute Gasteiger partial charge is 0.220 e. The molecule has 0 bridgehead atoms. The molecule has 1 unspecified atom stereocenters. The van der Waals surface area contributed by atoms with Crippen molar-refractivity contribution < 1.29 is 28.9 Å². The van der Waals surface area contributed by atoms with Crippen LogP contribution in [0.2, 0.25) is 5.02 Å². The van der Waals surface area contributed by atoms with Gasteiger partial charge in [0.05, 0.1) is 31.5 Å². The molecule has 0 radical (unpaired) electrons. The summed E-state index contributed by atoms with van der Waals surface area (Å²) in [7, 11) is 2.93. The summed E-state index contributed by atoms with van der Waals surface area (Å²) in [6, 6.07) is 10.8. The summed E-state index contributed by atoms with van der Waals surface area (Å²) in [5.41, 5.74) is -1.43. The summed E-state index contributed by atoms with van der Waals surface area (Å²) in [4.78, 5) is 32.1. The van der Waals surface area contributed by atoms with Gasteiger partial charge in [-0.2, -0.15) is 0 Å². The van der Waals surface area contributed by atoms with Gasteiger partial charge in [-0.3, -0.25) is 14.6 Å². The maximum absolute atomic E-state index is 14.1. The Morgan fingerprint density at radius 1 is 1.15 bits per heavy atom. The Morgan fingerprint density at radius 3 is 2.53 bits per heavy atom. The van der Waals surface area contributed by atoms with Crippen molar-refractivity contribution in [2.45, 2.75) is 37.4 Å². The van der Waals surface area contributed by atoms with Gasteiger partial charge in [0.2, 0.25) is 11.4 Å². The van der Waals surface area contributed by atoms with Gasteiger partial charge in [-0.25, -0.2) is 0 Å². The second-order valence-corrected chi connectivity index (χ2v) is 9.59. The molecule has 1 fully saturated rings. The second kappa shape index (κ2) is 8.10. The number of hydrogen-bond donors (Lipinski definition) is 1. The van der Waals surface area contributed by atoms with Crippen LogP contribution in [0.25, 0.3) is 0 Å². The van der Waals surface area contributed by atoms with E-state index in [0.717, 1.165) is 5.56 Å². The predicted molar refractivity (Wildman–Crippen MR) is 126 cm³/mol. The molecule has 1 aliphatic carbocycles. The van der Waals surface area contributed by atoms with E-state index in [1.807, 2.05) is 37.3 Å². The number of fused-ring (bicyclic) bond motifs is 3. The summed E-state index contributed by atoms with van der Waals surface area (Å²) < 4.78 is 17.2. The molecule has 0 saturated heterocycles. The number of aliphatic imine (C=N–C) groups is 1. The Hall–Kier alpha value is -2.90. The summed E-state index contributed by atoms with van der Waals surface area (Å²) in [6.07, 6.45) is 0.573. The van der Waals surface area contributed by atoms with E-state index in [2.05, 4.69) is 0 Å². The van der Waals surface area contributed by atoms with Crippen molar-refractivity contribution in [1.82, 2.24) is 0 Å². The molecule has 2 aromatic carbocycles. The first-order valence-corrected chi connectivity index (χ1v) is 11.7. The van der Waals surface area contributed by atoms with Gasteiger partial charge in [-0.05, 0) is 18.4 Å². The summed E-state index contributed by atoms with van der Waals surface area (Å²) >= 11 is 6.56. The van der Waals surface area contributed by atoms with E-state index in [1.54, 1.807) is 6.07 Å². The Morgan fingerprint density at radius 2 is 1.85 bits per heavy atom. The van der Waals surface area contributed by atoms with Crippen molar-refractivity contribution in [2.75, 3.05) is 20.8 Å². The molecule has 5 rings (SSSR count). The molecule has 34 heavy (non-hydrogen) atoms. The molecule has 0 aromatic heterocycles. The topological polar surface area (TPSA) is 94.4 Å². The molecule has 2 aromatic rings. The minimum absolute atomic E-state index is 0.0591. The molecule has 178 valence electrons. The van der Waals surface area contributed by atoms with Crippen LogP contribution < -0.4 is 14.2 Å². The Labute approximate surface area is 202 Å². The number of nitrogens with zero attached hydrogens (tertiary/aromatic N) is 1. The van der Waals surface area contributed by atoms with Gasteiger partial charge in [0, 0.05) is 24.9 Å². The van der Waals surface area contributed by atoms with Crippen molar-refractivity contribution in [3.8, 4) is 17.2 Å². The lowest BCUT2D eigenvalue weighted by molar-refractivity contribution is -0.126. The van der Waals surface area contributed by atoms with Crippen LogP contribution in [0.5, 0.6) is 17.2 Å². The maximum atomic E-state index is 14.1. The van der Waals surface area contributed by atoms with Crippen LogP contribution >= 0.6 is 11.6 Å². The Balaban J connectivity index is 1.63. The van der Waals surface area contributed by atoms with Crippen molar-refractivity contribution in [2.24, 2.45) is 16.8 Å². The predicted octanol–water partition coefficient (Wildman–Crippen LogP) is 4.02. The number of methoxy groups -OCH3 is 2. The van der Waals surface area contributed by atoms with Crippen LogP contribution in [0.4, 0.5) is 0 Å². The molecule has 4 atom stereocenters. The highest BCUT2D eigenvalue weighted by Gasteiger charge is 2.63. The molecule has 7 nitrogen and oxygen atoms in total. The molecular weight excluding hydrogens is 458 g/mol. The minimum Gasteiger partial charge on any atom is -0.496 e. The quantitative estimate of drug-likeness (QED) is 0.708. The lowest BCUT2D eigenvalue weighted by Crippen LogP contribution is -2.61. The second-order valence-electron chi connectivity index (χ2n) is 9.21. The fraction of sp³-hybridized carbons (Fsp3) is 0.423. The average molecular weight is 484 g/mol. The lowest BCUT2D eigenvalue weighted by atomic mass is 9.64. The molecule has 1 N–H and O–H groups in total. The van der Waals surface area contributed by atoms with Gasteiger partial charge in [-0.15, -0.1) is 0 Å². The molecule has 1 spiro atoms. The minimum atomic E-state index is -1.49. The highest BCUT2D eigenvalue weighted by atomic mass is 35.5. The first-order valence-electron chi connectivity index (χ1n) is 11.3. The molecule has 1 saturated carbocycles. The summed E-state index contributed by atoms with van der Waals surface area (Å²) in [5, 5.41) is 11.8. The molecule has 3 aliphatic rings. The number of carbonyl (C=O) groups excluding carboxylic acids is 2. The van der Waals surface area contributed by atoms with Crippen LogP contribution in [-0.2, 0) is 10.4 Å². The number of rotatable bonds is 3. The number of ether oxygens (including phenoxy) is 3. The van der Waals surface area contributed by atoms with Gasteiger partial charge in [0.1, 0.15) is 27.9 Å². The van der Waals surface area contributed by atoms with Crippen molar-refractivity contribution >= 4 is 28.9 Å². The number of halogens is 1. The third-order valence-corrected chi connectivity index (χ3v) is 7.74. The fourth-order valence-electron chi connectivity index (χ4n) is 5.60. The van der Waals surface area contributed by atoms with Gasteiger partial charge >= 0.3 is 0 Å². The van der Waals surface area contributed by atoms with E-state index in [4.69, 9.17) is 30.8 Å². The van der Waals surface area contributed by atoms with Crippen molar-refractivity contribution in [3.63, 3.8) is 0 Å². The molecule has 2 heterocycles. The first kappa shape index (κ1) is 22.9. The SMILES string of the molecule is COc1cc(OC)c2c(c1Cl)O[C@]1(C2=O)C2=NCC[C@@](O)(c3ccccc3)CC2C(=O)C[C@H]1C. The number of benzene rings is 2. The van der Waals surface area contributed by atoms with Crippen molar-refractivity contribution in [3.05, 3.63) is 52.5 Å². The van der Waals surface area contributed by atoms with Crippen LogP contribution in [0.3, 0.4) is 0 Å². The summed E-state index contributed by atoms with van der Waals surface area (Å²) in [6.45, 7) is 2.06. The van der Waals surface area contributed by atoms with E-state index < -0.39 is 23.0 Å². The molecule has 8 heteroatoms. The van der Waals surface area contributed by atoms with E-state index in [1.165, 1.54) is 14.2 Å². The van der Waals surface area contributed by atoms with E-state index in [0.29, 0.717) is 17.9 Å². The van der Waals surface area contributed by atoms with Crippen molar-refractivity contribution in [1.29, 1.82) is 0 Å². The Kier molecular flexibility index (Phi) is 5.45. The van der Waals surface area contributed by atoms with Crippen LogP contribution in [0.1, 0.15) is 42.1 Å². The number of hydrogen-bond acceptors (Lipinski definition) is 7. The van der Waals surface area contributed by atoms with Gasteiger partial charge in [0.15, 0.2) is 5.75 Å². The van der Waals surface area contributed by atoms with Gasteiger partial charge in [-0.1, -0.05) is 48.9 Å². The molecule has 2 aliphatic heterocycles. The number of ketones is 2.